The highest BCUT2D eigenvalue weighted by Crippen LogP contribution is 2.42. The van der Waals surface area contributed by atoms with E-state index in [4.69, 9.17) is 0 Å². The van der Waals surface area contributed by atoms with Crippen LogP contribution in [-0.2, 0) is 18.3 Å². The molecule has 0 fully saturated rings. The van der Waals surface area contributed by atoms with Crippen LogP contribution in [-0.4, -0.2) is 28.3 Å². The lowest BCUT2D eigenvalue weighted by Gasteiger charge is -2.34. The number of carbonyl (C=O) groups excluding carboxylic acids is 1. The second kappa shape index (κ2) is 6.95. The number of aromatic nitrogens is 2. The van der Waals surface area contributed by atoms with Crippen molar-refractivity contribution in [1.29, 1.82) is 0 Å². The van der Waals surface area contributed by atoms with E-state index in [0.717, 1.165) is 42.0 Å². The van der Waals surface area contributed by atoms with Crippen molar-refractivity contribution in [3.63, 3.8) is 0 Å². The average Bonchev–Trinajstić information content (AvgIpc) is 3.08. The maximum Gasteiger partial charge on any atom is 0.226 e. The summed E-state index contributed by atoms with van der Waals surface area (Å²) < 4.78 is 1.83. The largest absolute Gasteiger partial charge is 0.379 e. The van der Waals surface area contributed by atoms with Gasteiger partial charge < -0.3 is 15.5 Å². The molecule has 0 bridgehead atoms. The van der Waals surface area contributed by atoms with Crippen LogP contribution in [0, 0.1) is 0 Å². The van der Waals surface area contributed by atoms with Crippen LogP contribution in [0.25, 0.3) is 11.1 Å². The number of nitrogens with one attached hydrogen (secondary N) is 2. The number of para-hydroxylation sites is 1. The molecule has 0 spiro atoms. The quantitative estimate of drug-likeness (QED) is 0.688. The van der Waals surface area contributed by atoms with E-state index >= 15 is 0 Å². The van der Waals surface area contributed by atoms with Gasteiger partial charge in [0.15, 0.2) is 0 Å². The summed E-state index contributed by atoms with van der Waals surface area (Å²) in [5, 5.41) is 10.9. The Morgan fingerprint density at radius 2 is 2.03 bits per heavy atom. The number of hydrogen-bond donors (Lipinski definition) is 2. The second-order valence-electron chi connectivity index (χ2n) is 8.00. The van der Waals surface area contributed by atoms with Gasteiger partial charge in [0.2, 0.25) is 5.91 Å². The molecule has 0 aliphatic carbocycles. The Bertz CT molecular complexity index is 1090. The predicted molar refractivity (Wildman–Crippen MR) is 117 cm³/mol. The minimum atomic E-state index is 0.0565. The molecule has 1 unspecified atom stereocenters. The van der Waals surface area contributed by atoms with Gasteiger partial charge in [-0.15, -0.1) is 0 Å². The Morgan fingerprint density at radius 1 is 1.14 bits per heavy atom. The number of rotatable bonds is 2. The van der Waals surface area contributed by atoms with Gasteiger partial charge in [-0.2, -0.15) is 5.10 Å². The molecule has 1 aromatic heterocycles. The van der Waals surface area contributed by atoms with Crippen molar-refractivity contribution >= 4 is 28.7 Å². The van der Waals surface area contributed by atoms with Crippen LogP contribution in [0.4, 0.5) is 22.7 Å². The maximum atomic E-state index is 12.1. The van der Waals surface area contributed by atoms with E-state index in [1.807, 2.05) is 36.3 Å². The third-order valence-corrected chi connectivity index (χ3v) is 5.73. The Morgan fingerprint density at radius 3 is 2.86 bits per heavy atom. The fourth-order valence-electron chi connectivity index (χ4n) is 4.39. The topological polar surface area (TPSA) is 62.2 Å². The summed E-state index contributed by atoms with van der Waals surface area (Å²) in [6, 6.07) is 12.9. The van der Waals surface area contributed by atoms with Crippen LogP contribution in [0.5, 0.6) is 0 Å². The fourth-order valence-corrected chi connectivity index (χ4v) is 4.39. The first kappa shape index (κ1) is 17.8. The van der Waals surface area contributed by atoms with Gasteiger partial charge in [0.1, 0.15) is 0 Å². The first-order valence-electron chi connectivity index (χ1n) is 10.2. The zero-order chi connectivity index (χ0) is 20.0. The minimum absolute atomic E-state index is 0.0565. The second-order valence-corrected chi connectivity index (χ2v) is 8.00. The number of amides is 1. The van der Waals surface area contributed by atoms with E-state index in [1.54, 1.807) is 0 Å². The van der Waals surface area contributed by atoms with E-state index in [2.05, 4.69) is 51.8 Å². The molecule has 2 aliphatic heterocycles. The normalized spacial score (nSPS) is 18.3. The molecule has 3 heterocycles. The smallest absolute Gasteiger partial charge is 0.226 e. The molecule has 1 amide bonds. The van der Waals surface area contributed by atoms with Crippen LogP contribution in [0.15, 0.2) is 48.8 Å². The Labute approximate surface area is 170 Å². The first-order valence-corrected chi connectivity index (χ1v) is 10.2. The molecule has 6 nitrogen and oxygen atoms in total. The molecule has 2 aliphatic rings. The van der Waals surface area contributed by atoms with Crippen molar-refractivity contribution in [2.24, 2.45) is 7.05 Å². The first-order chi connectivity index (χ1) is 14.1. The highest BCUT2D eigenvalue weighted by Gasteiger charge is 2.25. The highest BCUT2D eigenvalue weighted by atomic mass is 16.1. The SMILES string of the molecule is CC1CC(=O)Nc2cccc(N3CCCc4cc(-c5cnn(C)c5)ccc43)c2N1. The Hall–Kier alpha value is -3.28. The van der Waals surface area contributed by atoms with Crippen LogP contribution in [0.1, 0.15) is 25.3 Å². The molecule has 148 valence electrons. The molecule has 29 heavy (non-hydrogen) atoms. The van der Waals surface area contributed by atoms with Gasteiger partial charge in [0.05, 0.1) is 23.3 Å². The minimum Gasteiger partial charge on any atom is -0.379 e. The van der Waals surface area contributed by atoms with Crippen molar-refractivity contribution in [2.75, 3.05) is 22.1 Å². The number of aryl methyl sites for hydroxylation is 2. The number of carbonyl (C=O) groups is 1. The van der Waals surface area contributed by atoms with E-state index < -0.39 is 0 Å². The number of anilines is 4. The van der Waals surface area contributed by atoms with Crippen molar-refractivity contribution in [3.8, 4) is 11.1 Å². The average molecular weight is 387 g/mol. The van der Waals surface area contributed by atoms with E-state index in [0.29, 0.717) is 6.42 Å². The van der Waals surface area contributed by atoms with Gasteiger partial charge in [0, 0.05) is 43.5 Å². The lowest BCUT2D eigenvalue weighted by molar-refractivity contribution is -0.116. The molecule has 0 saturated heterocycles. The van der Waals surface area contributed by atoms with E-state index in [1.165, 1.54) is 16.8 Å². The van der Waals surface area contributed by atoms with Crippen LogP contribution >= 0.6 is 0 Å². The number of nitrogens with zero attached hydrogens (tertiary/aromatic N) is 3. The number of benzene rings is 2. The molecular weight excluding hydrogens is 362 g/mol. The molecule has 6 heteroatoms. The molecule has 0 saturated carbocycles. The predicted octanol–water partition coefficient (Wildman–Crippen LogP) is 4.31. The van der Waals surface area contributed by atoms with Gasteiger partial charge in [0.25, 0.3) is 0 Å². The Balaban J connectivity index is 1.56. The zero-order valence-electron chi connectivity index (χ0n) is 16.8. The summed E-state index contributed by atoms with van der Waals surface area (Å²) >= 11 is 0. The standard InChI is InChI=1S/C23H25N5O/c1-15-11-22(29)26-19-6-3-7-21(23(19)25-15)28-10-4-5-17-12-16(8-9-20(17)28)18-13-24-27(2)14-18/h3,6-9,12-15,25H,4-5,10-11H2,1-2H3,(H,26,29). The summed E-state index contributed by atoms with van der Waals surface area (Å²) in [4.78, 5) is 14.5. The summed E-state index contributed by atoms with van der Waals surface area (Å²) in [7, 11) is 1.94. The van der Waals surface area contributed by atoms with Crippen LogP contribution in [0.2, 0.25) is 0 Å². The van der Waals surface area contributed by atoms with Crippen molar-refractivity contribution in [2.45, 2.75) is 32.2 Å². The van der Waals surface area contributed by atoms with Gasteiger partial charge >= 0.3 is 0 Å². The zero-order valence-corrected chi connectivity index (χ0v) is 16.8. The summed E-state index contributed by atoms with van der Waals surface area (Å²) in [5.41, 5.74) is 7.91. The van der Waals surface area contributed by atoms with Crippen molar-refractivity contribution < 1.29 is 4.79 Å². The third kappa shape index (κ3) is 3.24. The van der Waals surface area contributed by atoms with Gasteiger partial charge in [-0.1, -0.05) is 12.1 Å². The van der Waals surface area contributed by atoms with E-state index in [9.17, 15) is 4.79 Å². The molecule has 2 N–H and O–H groups in total. The van der Waals surface area contributed by atoms with Gasteiger partial charge in [-0.3, -0.25) is 9.48 Å². The summed E-state index contributed by atoms with van der Waals surface area (Å²) in [5.74, 6) is 0.0565. The fraction of sp³-hybridized carbons (Fsp3) is 0.304. The number of fused-ring (bicyclic) bond motifs is 2. The van der Waals surface area contributed by atoms with Gasteiger partial charge in [-0.05, 0) is 55.2 Å². The molecule has 1 atom stereocenters. The molecular formula is C23H25N5O. The summed E-state index contributed by atoms with van der Waals surface area (Å²) in [6.07, 6.45) is 6.59. The monoisotopic (exact) mass is 387 g/mol. The van der Waals surface area contributed by atoms with Crippen LogP contribution < -0.4 is 15.5 Å². The maximum absolute atomic E-state index is 12.1. The van der Waals surface area contributed by atoms with Crippen molar-refractivity contribution in [3.05, 3.63) is 54.4 Å². The Kier molecular flexibility index (Phi) is 4.27. The lowest BCUT2D eigenvalue weighted by Crippen LogP contribution is -2.26. The molecule has 3 aromatic rings. The molecule has 5 rings (SSSR count). The number of hydrogen-bond acceptors (Lipinski definition) is 4. The molecule has 2 aromatic carbocycles. The summed E-state index contributed by atoms with van der Waals surface area (Å²) in [6.45, 7) is 3.01. The lowest BCUT2D eigenvalue weighted by atomic mass is 9.96. The third-order valence-electron chi connectivity index (χ3n) is 5.73. The molecule has 0 radical (unpaired) electrons. The highest BCUT2D eigenvalue weighted by molar-refractivity contribution is 6.00. The van der Waals surface area contributed by atoms with Crippen LogP contribution in [0.3, 0.4) is 0 Å². The van der Waals surface area contributed by atoms with Crippen molar-refractivity contribution in [1.82, 2.24) is 9.78 Å². The van der Waals surface area contributed by atoms with Gasteiger partial charge in [-0.25, -0.2) is 0 Å². The van der Waals surface area contributed by atoms with E-state index in [-0.39, 0.29) is 11.9 Å².